The molecular formula is C12H13FN2O2S. The third kappa shape index (κ3) is 4.26. The van der Waals surface area contributed by atoms with E-state index in [1.165, 1.54) is 29.2 Å². The number of carbonyl (C=O) groups is 1. The lowest BCUT2D eigenvalue weighted by Gasteiger charge is -2.14. The van der Waals surface area contributed by atoms with Crippen LogP contribution in [0.1, 0.15) is 6.42 Å². The van der Waals surface area contributed by atoms with Crippen LogP contribution in [0.15, 0.2) is 29.2 Å². The summed E-state index contributed by atoms with van der Waals surface area (Å²) >= 11 is 0. The van der Waals surface area contributed by atoms with Crippen molar-refractivity contribution in [3.8, 4) is 6.07 Å². The number of benzene rings is 1. The van der Waals surface area contributed by atoms with Gasteiger partial charge in [-0.3, -0.25) is 9.00 Å². The first-order valence-corrected chi connectivity index (χ1v) is 6.61. The monoisotopic (exact) mass is 268 g/mol. The lowest BCUT2D eigenvalue weighted by Crippen LogP contribution is -2.31. The van der Waals surface area contributed by atoms with E-state index < -0.39 is 16.6 Å². The minimum Gasteiger partial charge on any atom is -0.344 e. The molecule has 1 rings (SSSR count). The standard InChI is InChI=1S/C12H13FN2O2S/c1-15(8-2-7-14)12(16)9-18(17)11-5-3-10(13)4-6-11/h3-6H,2,8-9H2,1H3. The van der Waals surface area contributed by atoms with Gasteiger partial charge < -0.3 is 4.90 Å². The lowest BCUT2D eigenvalue weighted by molar-refractivity contribution is -0.127. The highest BCUT2D eigenvalue weighted by atomic mass is 32.2. The predicted octanol–water partition coefficient (Wildman–Crippen LogP) is 1.31. The summed E-state index contributed by atoms with van der Waals surface area (Å²) in [5, 5.41) is 8.40. The number of hydrogen-bond acceptors (Lipinski definition) is 3. The van der Waals surface area contributed by atoms with Crippen LogP contribution in [0, 0.1) is 17.1 Å². The Morgan fingerprint density at radius 3 is 2.61 bits per heavy atom. The molecule has 0 aliphatic heterocycles. The van der Waals surface area contributed by atoms with Crippen molar-refractivity contribution in [1.82, 2.24) is 4.90 Å². The number of nitriles is 1. The zero-order valence-electron chi connectivity index (χ0n) is 9.93. The Kier molecular flexibility index (Phi) is 5.46. The maximum absolute atomic E-state index is 12.7. The normalized spacial score (nSPS) is 11.6. The molecule has 1 atom stereocenters. The summed E-state index contributed by atoms with van der Waals surface area (Å²) < 4.78 is 24.5. The number of rotatable bonds is 5. The molecule has 1 aromatic rings. The molecule has 96 valence electrons. The van der Waals surface area contributed by atoms with Crippen LogP contribution in [0.3, 0.4) is 0 Å². The van der Waals surface area contributed by atoms with Crippen molar-refractivity contribution < 1.29 is 13.4 Å². The number of halogens is 1. The molecule has 1 aromatic carbocycles. The van der Waals surface area contributed by atoms with E-state index in [-0.39, 0.29) is 18.1 Å². The van der Waals surface area contributed by atoms with Crippen LogP contribution in [-0.4, -0.2) is 34.4 Å². The molecule has 0 bridgehead atoms. The highest BCUT2D eigenvalue weighted by Crippen LogP contribution is 2.08. The molecule has 0 saturated carbocycles. The van der Waals surface area contributed by atoms with Gasteiger partial charge in [0.1, 0.15) is 11.6 Å². The molecule has 18 heavy (non-hydrogen) atoms. The molecule has 0 saturated heterocycles. The lowest BCUT2D eigenvalue weighted by atomic mass is 10.4. The second kappa shape index (κ2) is 6.87. The summed E-state index contributed by atoms with van der Waals surface area (Å²) in [6.07, 6.45) is 0.241. The number of amides is 1. The smallest absolute Gasteiger partial charge is 0.235 e. The van der Waals surface area contributed by atoms with Crippen LogP contribution in [0.4, 0.5) is 4.39 Å². The average Bonchev–Trinajstić information content (AvgIpc) is 2.36. The van der Waals surface area contributed by atoms with Gasteiger partial charge in [0.05, 0.1) is 23.3 Å². The van der Waals surface area contributed by atoms with E-state index in [4.69, 9.17) is 5.26 Å². The highest BCUT2D eigenvalue weighted by molar-refractivity contribution is 7.85. The van der Waals surface area contributed by atoms with Gasteiger partial charge in [0.25, 0.3) is 0 Å². The fourth-order valence-electron chi connectivity index (χ4n) is 1.23. The molecule has 0 aliphatic rings. The molecule has 4 nitrogen and oxygen atoms in total. The van der Waals surface area contributed by atoms with Crippen LogP contribution >= 0.6 is 0 Å². The first-order valence-electron chi connectivity index (χ1n) is 5.29. The Hall–Kier alpha value is -1.74. The minimum absolute atomic E-state index is 0.159. The maximum atomic E-state index is 12.7. The number of nitrogens with zero attached hydrogens (tertiary/aromatic N) is 2. The largest absolute Gasteiger partial charge is 0.344 e. The Morgan fingerprint density at radius 1 is 1.44 bits per heavy atom. The van der Waals surface area contributed by atoms with Gasteiger partial charge in [0, 0.05) is 18.5 Å². The van der Waals surface area contributed by atoms with E-state index in [9.17, 15) is 13.4 Å². The number of hydrogen-bond donors (Lipinski definition) is 0. The average molecular weight is 268 g/mol. The summed E-state index contributed by atoms with van der Waals surface area (Å²) in [6, 6.07) is 7.14. The predicted molar refractivity (Wildman–Crippen MR) is 65.5 cm³/mol. The van der Waals surface area contributed by atoms with E-state index in [1.807, 2.05) is 6.07 Å². The second-order valence-corrected chi connectivity index (χ2v) is 5.12. The van der Waals surface area contributed by atoms with E-state index in [0.717, 1.165) is 0 Å². The van der Waals surface area contributed by atoms with Gasteiger partial charge in [-0.1, -0.05) is 0 Å². The first kappa shape index (κ1) is 14.3. The van der Waals surface area contributed by atoms with E-state index in [0.29, 0.717) is 11.4 Å². The Bertz CT molecular complexity index is 482. The molecule has 0 aromatic heterocycles. The van der Waals surface area contributed by atoms with Crippen LogP contribution in [-0.2, 0) is 15.6 Å². The topological polar surface area (TPSA) is 61.2 Å². The molecule has 0 spiro atoms. The Labute approximate surface area is 107 Å². The van der Waals surface area contributed by atoms with Crippen molar-refractivity contribution >= 4 is 16.7 Å². The highest BCUT2D eigenvalue weighted by Gasteiger charge is 2.14. The summed E-state index contributed by atoms with van der Waals surface area (Å²) in [6.45, 7) is 0.315. The van der Waals surface area contributed by atoms with Gasteiger partial charge in [-0.15, -0.1) is 0 Å². The van der Waals surface area contributed by atoms with Crippen molar-refractivity contribution in [2.24, 2.45) is 0 Å². The SMILES string of the molecule is CN(CCC#N)C(=O)CS(=O)c1ccc(F)cc1. The van der Waals surface area contributed by atoms with Crippen molar-refractivity contribution in [2.75, 3.05) is 19.3 Å². The molecule has 0 N–H and O–H groups in total. The van der Waals surface area contributed by atoms with Crippen LogP contribution < -0.4 is 0 Å². The molecule has 0 radical (unpaired) electrons. The zero-order valence-corrected chi connectivity index (χ0v) is 10.7. The number of carbonyl (C=O) groups excluding carboxylic acids is 1. The zero-order chi connectivity index (χ0) is 13.5. The molecule has 0 fully saturated rings. The minimum atomic E-state index is -1.49. The molecule has 1 unspecified atom stereocenters. The summed E-state index contributed by atoms with van der Waals surface area (Å²) in [7, 11) is 0.0684. The molecule has 1 amide bonds. The summed E-state index contributed by atoms with van der Waals surface area (Å²) in [4.78, 5) is 13.4. The van der Waals surface area contributed by atoms with Crippen molar-refractivity contribution in [3.05, 3.63) is 30.1 Å². The van der Waals surface area contributed by atoms with Crippen molar-refractivity contribution in [1.29, 1.82) is 5.26 Å². The summed E-state index contributed by atoms with van der Waals surface area (Å²) in [5.74, 6) is -0.866. The van der Waals surface area contributed by atoms with Crippen molar-refractivity contribution in [3.63, 3.8) is 0 Å². The maximum Gasteiger partial charge on any atom is 0.235 e. The Morgan fingerprint density at radius 2 is 2.06 bits per heavy atom. The van der Waals surface area contributed by atoms with Gasteiger partial charge in [-0.2, -0.15) is 5.26 Å². The fraction of sp³-hybridized carbons (Fsp3) is 0.333. The first-order chi connectivity index (χ1) is 8.54. The third-order valence-corrected chi connectivity index (χ3v) is 3.62. The molecule has 0 heterocycles. The second-order valence-electron chi connectivity index (χ2n) is 3.67. The van der Waals surface area contributed by atoms with Crippen LogP contribution in [0.2, 0.25) is 0 Å². The third-order valence-electron chi connectivity index (χ3n) is 2.32. The molecule has 6 heteroatoms. The van der Waals surface area contributed by atoms with E-state index in [1.54, 1.807) is 7.05 Å². The summed E-state index contributed by atoms with van der Waals surface area (Å²) in [5.41, 5.74) is 0. The van der Waals surface area contributed by atoms with Crippen molar-refractivity contribution in [2.45, 2.75) is 11.3 Å². The molecule has 0 aliphatic carbocycles. The van der Waals surface area contributed by atoms with Gasteiger partial charge >= 0.3 is 0 Å². The van der Waals surface area contributed by atoms with Gasteiger partial charge in [0.2, 0.25) is 5.91 Å². The van der Waals surface area contributed by atoms with E-state index >= 15 is 0 Å². The van der Waals surface area contributed by atoms with E-state index in [2.05, 4.69) is 0 Å². The van der Waals surface area contributed by atoms with Crippen LogP contribution in [0.25, 0.3) is 0 Å². The Balaban J connectivity index is 2.57. The van der Waals surface area contributed by atoms with Gasteiger partial charge in [-0.05, 0) is 24.3 Å². The van der Waals surface area contributed by atoms with Gasteiger partial charge in [0.15, 0.2) is 0 Å². The van der Waals surface area contributed by atoms with Gasteiger partial charge in [-0.25, -0.2) is 4.39 Å². The fourth-order valence-corrected chi connectivity index (χ4v) is 2.29. The van der Waals surface area contributed by atoms with Crippen LogP contribution in [0.5, 0.6) is 0 Å². The quantitative estimate of drug-likeness (QED) is 0.808. The molecular weight excluding hydrogens is 255 g/mol.